The van der Waals surface area contributed by atoms with Crippen molar-refractivity contribution < 1.29 is 19.3 Å². The maximum Gasteiger partial charge on any atom is 0.187 e. The van der Waals surface area contributed by atoms with Crippen LogP contribution >= 0.6 is 0 Å². The van der Waals surface area contributed by atoms with Crippen LogP contribution in [0.2, 0.25) is 0 Å². The second-order valence-corrected chi connectivity index (χ2v) is 5.37. The van der Waals surface area contributed by atoms with Crippen LogP contribution in [0.15, 0.2) is 36.5 Å². The van der Waals surface area contributed by atoms with Gasteiger partial charge in [-0.3, -0.25) is 4.98 Å². The molecule has 0 atom stereocenters. The SMILES string of the molecule is COc1ccc(Nc2c(C#N)cnc3c(OC)c(OC)ccc23)cc1O. The molecule has 0 spiro atoms. The van der Waals surface area contributed by atoms with Gasteiger partial charge in [0.25, 0.3) is 0 Å². The van der Waals surface area contributed by atoms with Gasteiger partial charge in [0.1, 0.15) is 11.6 Å². The Hall–Kier alpha value is -3.66. The molecule has 0 saturated carbocycles. The molecule has 0 aliphatic rings. The molecule has 26 heavy (non-hydrogen) atoms. The fraction of sp³-hybridized carbons (Fsp3) is 0.158. The van der Waals surface area contributed by atoms with Crippen molar-refractivity contribution in [3.05, 3.63) is 42.1 Å². The lowest BCUT2D eigenvalue weighted by atomic mass is 10.1. The smallest absolute Gasteiger partial charge is 0.187 e. The van der Waals surface area contributed by atoms with Gasteiger partial charge < -0.3 is 24.6 Å². The third-order valence-electron chi connectivity index (χ3n) is 3.95. The van der Waals surface area contributed by atoms with Gasteiger partial charge in [0.05, 0.1) is 32.6 Å². The standard InChI is InChI=1S/C19H17N3O4/c1-24-15-6-4-12(8-14(15)23)22-17-11(9-20)10-21-18-13(17)5-7-16(25-2)19(18)26-3/h4-8,10,23H,1-3H3,(H,21,22). The van der Waals surface area contributed by atoms with Crippen molar-refractivity contribution in [2.75, 3.05) is 26.6 Å². The van der Waals surface area contributed by atoms with Crippen LogP contribution in [0.1, 0.15) is 5.56 Å². The minimum atomic E-state index is -0.00591. The quantitative estimate of drug-likeness (QED) is 0.725. The van der Waals surface area contributed by atoms with Gasteiger partial charge in [0.2, 0.25) is 0 Å². The Balaban J connectivity index is 2.18. The minimum absolute atomic E-state index is 0.00591. The van der Waals surface area contributed by atoms with E-state index in [0.717, 1.165) is 0 Å². The molecule has 3 aromatic rings. The molecular weight excluding hydrogens is 334 g/mol. The number of phenols is 1. The molecule has 0 saturated heterocycles. The van der Waals surface area contributed by atoms with Crippen molar-refractivity contribution in [1.82, 2.24) is 4.98 Å². The number of hydrogen-bond donors (Lipinski definition) is 2. The van der Waals surface area contributed by atoms with Crippen LogP contribution in [-0.2, 0) is 0 Å². The molecule has 0 aliphatic heterocycles. The lowest BCUT2D eigenvalue weighted by Gasteiger charge is -2.15. The van der Waals surface area contributed by atoms with Crippen LogP contribution in [0.5, 0.6) is 23.0 Å². The topological polar surface area (TPSA) is 96.6 Å². The van der Waals surface area contributed by atoms with Crippen molar-refractivity contribution in [3.8, 4) is 29.1 Å². The number of methoxy groups -OCH3 is 3. The predicted molar refractivity (Wildman–Crippen MR) is 97.5 cm³/mol. The summed E-state index contributed by atoms with van der Waals surface area (Å²) in [6, 6.07) is 10.6. The van der Waals surface area contributed by atoms with Gasteiger partial charge >= 0.3 is 0 Å². The summed E-state index contributed by atoms with van der Waals surface area (Å²) < 4.78 is 15.8. The first-order chi connectivity index (χ1) is 12.6. The summed E-state index contributed by atoms with van der Waals surface area (Å²) in [6.45, 7) is 0. The van der Waals surface area contributed by atoms with E-state index in [4.69, 9.17) is 14.2 Å². The van der Waals surface area contributed by atoms with Crippen LogP contribution in [-0.4, -0.2) is 31.4 Å². The number of anilines is 2. The van der Waals surface area contributed by atoms with Gasteiger partial charge in [-0.15, -0.1) is 0 Å². The molecule has 7 nitrogen and oxygen atoms in total. The number of aromatic hydroxyl groups is 1. The van der Waals surface area contributed by atoms with E-state index in [2.05, 4.69) is 16.4 Å². The fourth-order valence-corrected chi connectivity index (χ4v) is 2.71. The number of nitriles is 1. The monoisotopic (exact) mass is 351 g/mol. The number of hydrogen-bond acceptors (Lipinski definition) is 7. The normalized spacial score (nSPS) is 10.2. The molecule has 0 radical (unpaired) electrons. The van der Waals surface area contributed by atoms with Crippen molar-refractivity contribution in [3.63, 3.8) is 0 Å². The van der Waals surface area contributed by atoms with Gasteiger partial charge in [-0.1, -0.05) is 0 Å². The number of ether oxygens (including phenoxy) is 3. The molecule has 3 rings (SSSR count). The molecule has 0 amide bonds. The second kappa shape index (κ2) is 7.07. The van der Waals surface area contributed by atoms with Gasteiger partial charge in [-0.05, 0) is 24.3 Å². The van der Waals surface area contributed by atoms with Crippen molar-refractivity contribution in [2.45, 2.75) is 0 Å². The van der Waals surface area contributed by atoms with Crippen molar-refractivity contribution in [1.29, 1.82) is 5.26 Å². The molecule has 7 heteroatoms. The lowest BCUT2D eigenvalue weighted by molar-refractivity contribution is 0.358. The minimum Gasteiger partial charge on any atom is -0.504 e. The summed E-state index contributed by atoms with van der Waals surface area (Å²) in [5, 5.41) is 23.3. The van der Waals surface area contributed by atoms with Gasteiger partial charge in [0, 0.05) is 23.3 Å². The molecule has 0 fully saturated rings. The highest BCUT2D eigenvalue weighted by molar-refractivity contribution is 5.99. The molecule has 132 valence electrons. The van der Waals surface area contributed by atoms with Crippen LogP contribution in [0.25, 0.3) is 10.9 Å². The summed E-state index contributed by atoms with van der Waals surface area (Å²) in [6.07, 6.45) is 1.47. The number of benzene rings is 2. The van der Waals surface area contributed by atoms with E-state index in [9.17, 15) is 10.4 Å². The number of nitrogens with one attached hydrogen (secondary N) is 1. The van der Waals surface area contributed by atoms with E-state index >= 15 is 0 Å². The van der Waals surface area contributed by atoms with Gasteiger partial charge in [-0.2, -0.15) is 5.26 Å². The zero-order valence-electron chi connectivity index (χ0n) is 14.5. The number of nitrogens with zero attached hydrogens (tertiary/aromatic N) is 2. The lowest BCUT2D eigenvalue weighted by Crippen LogP contribution is -1.99. The van der Waals surface area contributed by atoms with E-state index in [0.29, 0.717) is 45.1 Å². The highest BCUT2D eigenvalue weighted by Crippen LogP contribution is 2.39. The molecule has 1 heterocycles. The predicted octanol–water partition coefficient (Wildman–Crippen LogP) is 3.58. The van der Waals surface area contributed by atoms with Crippen molar-refractivity contribution >= 4 is 22.3 Å². The summed E-state index contributed by atoms with van der Waals surface area (Å²) in [7, 11) is 4.56. The van der Waals surface area contributed by atoms with E-state index in [1.54, 1.807) is 31.4 Å². The van der Waals surface area contributed by atoms with Gasteiger partial charge in [0.15, 0.2) is 23.0 Å². The van der Waals surface area contributed by atoms with Gasteiger partial charge in [-0.25, -0.2) is 0 Å². The average Bonchev–Trinajstić information content (AvgIpc) is 2.67. The van der Waals surface area contributed by atoms with Crippen LogP contribution in [0.4, 0.5) is 11.4 Å². The molecule has 0 aliphatic carbocycles. The van der Waals surface area contributed by atoms with Crippen LogP contribution in [0, 0.1) is 11.3 Å². The Morgan fingerprint density at radius 3 is 2.38 bits per heavy atom. The zero-order valence-corrected chi connectivity index (χ0v) is 14.5. The van der Waals surface area contributed by atoms with E-state index in [1.807, 2.05) is 0 Å². The number of aromatic nitrogens is 1. The number of pyridine rings is 1. The Morgan fingerprint density at radius 1 is 1.04 bits per heavy atom. The maximum absolute atomic E-state index is 9.98. The van der Waals surface area contributed by atoms with Crippen LogP contribution in [0.3, 0.4) is 0 Å². The summed E-state index contributed by atoms with van der Waals surface area (Å²) in [5.74, 6) is 1.39. The first-order valence-electron chi connectivity index (χ1n) is 7.70. The van der Waals surface area contributed by atoms with Crippen molar-refractivity contribution in [2.24, 2.45) is 0 Å². The van der Waals surface area contributed by atoms with Crippen LogP contribution < -0.4 is 19.5 Å². The molecular formula is C19H17N3O4. The van der Waals surface area contributed by atoms with E-state index < -0.39 is 0 Å². The Kier molecular flexibility index (Phi) is 4.67. The molecule has 2 aromatic carbocycles. The Morgan fingerprint density at radius 2 is 1.77 bits per heavy atom. The Labute approximate surface area is 150 Å². The average molecular weight is 351 g/mol. The number of fused-ring (bicyclic) bond motifs is 1. The van der Waals surface area contributed by atoms with E-state index in [1.165, 1.54) is 26.5 Å². The van der Waals surface area contributed by atoms with E-state index in [-0.39, 0.29) is 5.75 Å². The fourth-order valence-electron chi connectivity index (χ4n) is 2.71. The third-order valence-corrected chi connectivity index (χ3v) is 3.95. The molecule has 1 aromatic heterocycles. The third kappa shape index (κ3) is 2.89. The number of rotatable bonds is 5. The number of phenolic OH excluding ortho intramolecular Hbond substituents is 1. The highest BCUT2D eigenvalue weighted by Gasteiger charge is 2.16. The highest BCUT2D eigenvalue weighted by atomic mass is 16.5. The zero-order chi connectivity index (χ0) is 18.7. The summed E-state index contributed by atoms with van der Waals surface area (Å²) in [4.78, 5) is 4.34. The molecule has 0 bridgehead atoms. The molecule has 0 unspecified atom stereocenters. The largest absolute Gasteiger partial charge is 0.504 e. The summed E-state index contributed by atoms with van der Waals surface area (Å²) >= 11 is 0. The first-order valence-corrected chi connectivity index (χ1v) is 7.70. The Bertz CT molecular complexity index is 1010. The summed E-state index contributed by atoms with van der Waals surface area (Å²) in [5.41, 5.74) is 2.08. The molecule has 2 N–H and O–H groups in total. The maximum atomic E-state index is 9.98. The first kappa shape index (κ1) is 17.2. The second-order valence-electron chi connectivity index (χ2n) is 5.37.